The molecule has 1 aliphatic carbocycles. The molecule has 0 radical (unpaired) electrons. The van der Waals surface area contributed by atoms with Crippen LogP contribution in [0.4, 0.5) is 0 Å². The van der Waals surface area contributed by atoms with Crippen LogP contribution in [0.1, 0.15) is 72.7 Å². The summed E-state index contributed by atoms with van der Waals surface area (Å²) in [6, 6.07) is 0.600. The standard InChI is InChI=1S/C17H26N6OS/c1-11(2)15-10-25-16(20-15)7-8-19-17(24)14-9-23(22-21-14)13-5-3-12(18)4-6-13/h9-13H,3-8,18H2,1-2H3,(H,19,24). The van der Waals surface area contributed by atoms with Crippen LogP contribution in [0.5, 0.6) is 0 Å². The average molecular weight is 363 g/mol. The molecule has 8 heteroatoms. The summed E-state index contributed by atoms with van der Waals surface area (Å²) in [5.41, 5.74) is 7.42. The lowest BCUT2D eigenvalue weighted by molar-refractivity contribution is 0.0949. The number of carbonyl (C=O) groups is 1. The van der Waals surface area contributed by atoms with E-state index in [0.717, 1.165) is 42.8 Å². The summed E-state index contributed by atoms with van der Waals surface area (Å²) < 4.78 is 1.82. The van der Waals surface area contributed by atoms with Crippen LogP contribution in [0.15, 0.2) is 11.6 Å². The number of carbonyl (C=O) groups excluding carboxylic acids is 1. The Morgan fingerprint density at radius 1 is 1.40 bits per heavy atom. The number of nitrogens with two attached hydrogens (primary N) is 1. The smallest absolute Gasteiger partial charge is 0.273 e. The SMILES string of the molecule is CC(C)c1csc(CCNC(=O)c2cn(C3CCC(N)CC3)nn2)n1. The molecule has 0 aliphatic heterocycles. The van der Waals surface area contributed by atoms with Crippen molar-refractivity contribution >= 4 is 17.2 Å². The van der Waals surface area contributed by atoms with Gasteiger partial charge in [-0.05, 0) is 31.6 Å². The van der Waals surface area contributed by atoms with Crippen LogP contribution in [0.25, 0.3) is 0 Å². The van der Waals surface area contributed by atoms with Crippen molar-refractivity contribution in [2.24, 2.45) is 5.73 Å². The maximum Gasteiger partial charge on any atom is 0.273 e. The molecule has 1 fully saturated rings. The lowest BCUT2D eigenvalue weighted by Crippen LogP contribution is -2.28. The highest BCUT2D eigenvalue weighted by atomic mass is 32.1. The van der Waals surface area contributed by atoms with Gasteiger partial charge in [-0.1, -0.05) is 19.1 Å². The molecular weight excluding hydrogens is 336 g/mol. The molecule has 1 amide bonds. The lowest BCUT2D eigenvalue weighted by atomic mass is 9.92. The third-order valence-corrected chi connectivity index (χ3v) is 5.57. The van der Waals surface area contributed by atoms with Crippen LogP contribution in [-0.4, -0.2) is 38.5 Å². The molecule has 1 aliphatic rings. The van der Waals surface area contributed by atoms with Gasteiger partial charge in [0.1, 0.15) is 0 Å². The maximum absolute atomic E-state index is 12.2. The van der Waals surface area contributed by atoms with Crippen LogP contribution in [0, 0.1) is 0 Å². The van der Waals surface area contributed by atoms with E-state index in [1.165, 1.54) is 0 Å². The molecule has 7 nitrogen and oxygen atoms in total. The summed E-state index contributed by atoms with van der Waals surface area (Å²) in [5, 5.41) is 14.2. The molecule has 0 atom stereocenters. The van der Waals surface area contributed by atoms with Gasteiger partial charge in [0, 0.05) is 24.4 Å². The average Bonchev–Trinajstić information content (AvgIpc) is 3.25. The number of hydrogen-bond donors (Lipinski definition) is 2. The number of hydrogen-bond acceptors (Lipinski definition) is 6. The van der Waals surface area contributed by atoms with Gasteiger partial charge in [0.05, 0.1) is 22.9 Å². The summed E-state index contributed by atoms with van der Waals surface area (Å²) in [4.78, 5) is 16.8. The second kappa shape index (κ2) is 8.05. The molecule has 2 heterocycles. The number of nitrogens with zero attached hydrogens (tertiary/aromatic N) is 4. The van der Waals surface area contributed by atoms with Gasteiger partial charge in [-0.3, -0.25) is 4.79 Å². The summed E-state index contributed by atoms with van der Waals surface area (Å²) in [7, 11) is 0. The third-order valence-electron chi connectivity index (χ3n) is 4.64. The summed E-state index contributed by atoms with van der Waals surface area (Å²) >= 11 is 1.64. The number of rotatable bonds is 6. The zero-order chi connectivity index (χ0) is 17.8. The lowest BCUT2D eigenvalue weighted by Gasteiger charge is -2.25. The van der Waals surface area contributed by atoms with Crippen molar-refractivity contribution in [1.82, 2.24) is 25.3 Å². The fourth-order valence-electron chi connectivity index (χ4n) is 3.00. The molecule has 0 saturated heterocycles. The topological polar surface area (TPSA) is 98.7 Å². The predicted molar refractivity (Wildman–Crippen MR) is 97.7 cm³/mol. The van der Waals surface area contributed by atoms with Gasteiger partial charge < -0.3 is 11.1 Å². The fourth-order valence-corrected chi connectivity index (χ4v) is 3.96. The number of amides is 1. The molecule has 1 saturated carbocycles. The van der Waals surface area contributed by atoms with Crippen molar-refractivity contribution in [3.8, 4) is 0 Å². The Labute approximate surface area is 152 Å². The molecule has 3 rings (SSSR count). The van der Waals surface area contributed by atoms with Crippen LogP contribution >= 0.6 is 11.3 Å². The monoisotopic (exact) mass is 362 g/mol. The normalized spacial score (nSPS) is 20.8. The first-order valence-electron chi connectivity index (χ1n) is 8.93. The Bertz CT molecular complexity index is 702. The highest BCUT2D eigenvalue weighted by Crippen LogP contribution is 2.26. The highest BCUT2D eigenvalue weighted by Gasteiger charge is 2.22. The van der Waals surface area contributed by atoms with Gasteiger partial charge in [0.15, 0.2) is 5.69 Å². The Kier molecular flexibility index (Phi) is 5.80. The third kappa shape index (κ3) is 4.64. The molecule has 25 heavy (non-hydrogen) atoms. The van der Waals surface area contributed by atoms with E-state index in [1.807, 2.05) is 4.68 Å². The summed E-state index contributed by atoms with van der Waals surface area (Å²) in [6.07, 6.45) is 6.47. The van der Waals surface area contributed by atoms with Gasteiger partial charge in [-0.15, -0.1) is 16.4 Å². The van der Waals surface area contributed by atoms with Crippen molar-refractivity contribution in [1.29, 1.82) is 0 Å². The molecule has 2 aromatic heterocycles. The first-order chi connectivity index (χ1) is 12.0. The largest absolute Gasteiger partial charge is 0.350 e. The van der Waals surface area contributed by atoms with Crippen LogP contribution in [0.2, 0.25) is 0 Å². The van der Waals surface area contributed by atoms with Gasteiger partial charge in [0.2, 0.25) is 0 Å². The second-order valence-electron chi connectivity index (χ2n) is 6.98. The number of thiazole rings is 1. The second-order valence-corrected chi connectivity index (χ2v) is 7.92. The minimum absolute atomic E-state index is 0.181. The molecule has 136 valence electrons. The van der Waals surface area contributed by atoms with E-state index < -0.39 is 0 Å². The molecule has 2 aromatic rings. The number of aromatic nitrogens is 4. The molecule has 0 unspecified atom stereocenters. The van der Waals surface area contributed by atoms with E-state index in [1.54, 1.807) is 17.5 Å². The van der Waals surface area contributed by atoms with E-state index in [0.29, 0.717) is 30.2 Å². The van der Waals surface area contributed by atoms with Crippen LogP contribution < -0.4 is 11.1 Å². The van der Waals surface area contributed by atoms with Gasteiger partial charge in [-0.25, -0.2) is 9.67 Å². The Hall–Kier alpha value is -1.80. The van der Waals surface area contributed by atoms with Gasteiger partial charge in [-0.2, -0.15) is 0 Å². The quantitative estimate of drug-likeness (QED) is 0.821. The first kappa shape index (κ1) is 18.0. The molecule has 0 aromatic carbocycles. The molecular formula is C17H26N6OS. The zero-order valence-electron chi connectivity index (χ0n) is 14.8. The summed E-state index contributed by atoms with van der Waals surface area (Å²) in [5.74, 6) is 0.253. The first-order valence-corrected chi connectivity index (χ1v) is 9.80. The van der Waals surface area contributed by atoms with Gasteiger partial charge in [0.25, 0.3) is 5.91 Å². The molecule has 3 N–H and O–H groups in total. The van der Waals surface area contributed by atoms with E-state index >= 15 is 0 Å². The van der Waals surface area contributed by atoms with Crippen LogP contribution in [0.3, 0.4) is 0 Å². The number of nitrogens with one attached hydrogen (secondary N) is 1. The predicted octanol–water partition coefficient (Wildman–Crippen LogP) is 2.27. The molecule has 0 spiro atoms. The van der Waals surface area contributed by atoms with E-state index in [4.69, 9.17) is 5.73 Å². The Morgan fingerprint density at radius 3 is 2.84 bits per heavy atom. The van der Waals surface area contributed by atoms with Crippen molar-refractivity contribution in [2.75, 3.05) is 6.54 Å². The minimum atomic E-state index is -0.181. The van der Waals surface area contributed by atoms with Crippen molar-refractivity contribution in [3.63, 3.8) is 0 Å². The van der Waals surface area contributed by atoms with Crippen molar-refractivity contribution in [2.45, 2.75) is 64.0 Å². The van der Waals surface area contributed by atoms with E-state index in [9.17, 15) is 4.79 Å². The minimum Gasteiger partial charge on any atom is -0.350 e. The Morgan fingerprint density at radius 2 is 2.16 bits per heavy atom. The van der Waals surface area contributed by atoms with Gasteiger partial charge >= 0.3 is 0 Å². The van der Waals surface area contributed by atoms with Crippen LogP contribution in [-0.2, 0) is 6.42 Å². The van der Waals surface area contributed by atoms with Crippen molar-refractivity contribution in [3.05, 3.63) is 28.0 Å². The Balaban J connectivity index is 1.48. The summed E-state index contributed by atoms with van der Waals surface area (Å²) in [6.45, 7) is 4.81. The zero-order valence-corrected chi connectivity index (χ0v) is 15.6. The highest BCUT2D eigenvalue weighted by molar-refractivity contribution is 7.09. The van der Waals surface area contributed by atoms with Crippen molar-refractivity contribution < 1.29 is 4.79 Å². The maximum atomic E-state index is 12.2. The van der Waals surface area contributed by atoms with E-state index in [2.05, 4.69) is 39.8 Å². The fraction of sp³-hybridized carbons (Fsp3) is 0.647. The van der Waals surface area contributed by atoms with E-state index in [-0.39, 0.29) is 5.91 Å². The molecule has 0 bridgehead atoms.